The van der Waals surface area contributed by atoms with Crippen LogP contribution in [0.25, 0.3) is 0 Å². The molecule has 0 atom stereocenters. The summed E-state index contributed by atoms with van der Waals surface area (Å²) < 4.78 is 28.3. The minimum absolute atomic E-state index is 0.0131. The number of benzene rings is 1. The van der Waals surface area contributed by atoms with Crippen LogP contribution in [-0.2, 0) is 16.4 Å². The highest BCUT2D eigenvalue weighted by molar-refractivity contribution is 9.10. The van der Waals surface area contributed by atoms with E-state index in [0.29, 0.717) is 12.1 Å². The molecule has 0 radical (unpaired) electrons. The Balaban J connectivity index is 2.26. The second kappa shape index (κ2) is 6.26. The van der Waals surface area contributed by atoms with Crippen LogP contribution in [0.5, 0.6) is 0 Å². The Morgan fingerprint density at radius 3 is 2.70 bits per heavy atom. The molecule has 108 valence electrons. The van der Waals surface area contributed by atoms with E-state index in [1.807, 2.05) is 13.0 Å². The Kier molecular flexibility index (Phi) is 4.85. The molecule has 0 saturated carbocycles. The van der Waals surface area contributed by atoms with Crippen molar-refractivity contribution in [3.8, 4) is 0 Å². The largest absolute Gasteiger partial charge is 0.396 e. The molecule has 0 amide bonds. The summed E-state index contributed by atoms with van der Waals surface area (Å²) in [7, 11) is -3.57. The average Bonchev–Trinajstić information content (AvgIpc) is 2.83. The Hall–Kier alpha value is -0.890. The zero-order valence-electron chi connectivity index (χ0n) is 10.8. The van der Waals surface area contributed by atoms with Crippen LogP contribution in [-0.4, -0.2) is 20.1 Å². The summed E-state index contributed by atoms with van der Waals surface area (Å²) in [6.07, 6.45) is 0.470. The molecule has 0 aliphatic carbocycles. The van der Waals surface area contributed by atoms with E-state index in [9.17, 15) is 8.42 Å². The second-order valence-electron chi connectivity index (χ2n) is 4.26. The van der Waals surface area contributed by atoms with Crippen LogP contribution >= 0.6 is 27.3 Å². The van der Waals surface area contributed by atoms with E-state index in [0.717, 1.165) is 14.9 Å². The molecule has 2 rings (SSSR count). The molecule has 0 aliphatic heterocycles. The molecule has 0 fully saturated rings. The van der Waals surface area contributed by atoms with Crippen molar-refractivity contribution in [3.63, 3.8) is 0 Å². The predicted octanol–water partition coefficient (Wildman–Crippen LogP) is 3.15. The van der Waals surface area contributed by atoms with Crippen LogP contribution in [0.2, 0.25) is 0 Å². The maximum absolute atomic E-state index is 12.3. The zero-order chi connectivity index (χ0) is 14.8. The van der Waals surface area contributed by atoms with Crippen LogP contribution in [0.15, 0.2) is 39.0 Å². The highest BCUT2D eigenvalue weighted by atomic mass is 79.9. The third-order valence-electron chi connectivity index (χ3n) is 2.69. The third-order valence-corrected chi connectivity index (χ3v) is 6.19. The number of halogens is 1. The molecule has 0 spiro atoms. The number of anilines is 1. The maximum atomic E-state index is 12.3. The summed E-state index contributed by atoms with van der Waals surface area (Å²) in [4.78, 5) is 0.848. The molecule has 2 N–H and O–H groups in total. The molecular formula is C13H14BrNO3S2. The van der Waals surface area contributed by atoms with Crippen LogP contribution in [0.4, 0.5) is 5.69 Å². The van der Waals surface area contributed by atoms with Crippen molar-refractivity contribution in [1.82, 2.24) is 0 Å². The van der Waals surface area contributed by atoms with Crippen molar-refractivity contribution in [2.45, 2.75) is 17.6 Å². The van der Waals surface area contributed by atoms with Gasteiger partial charge < -0.3 is 5.11 Å². The number of aliphatic hydroxyl groups is 1. The topological polar surface area (TPSA) is 66.4 Å². The quantitative estimate of drug-likeness (QED) is 0.843. The second-order valence-corrected chi connectivity index (χ2v) is 8.25. The van der Waals surface area contributed by atoms with Gasteiger partial charge in [0.15, 0.2) is 0 Å². The molecule has 0 unspecified atom stereocenters. The van der Waals surface area contributed by atoms with Crippen molar-refractivity contribution < 1.29 is 13.5 Å². The van der Waals surface area contributed by atoms with Gasteiger partial charge in [0.05, 0.1) is 5.69 Å². The van der Waals surface area contributed by atoms with E-state index in [-0.39, 0.29) is 10.8 Å². The number of hydrogen-bond acceptors (Lipinski definition) is 4. The van der Waals surface area contributed by atoms with Crippen LogP contribution < -0.4 is 4.72 Å². The van der Waals surface area contributed by atoms with Gasteiger partial charge in [0.1, 0.15) is 4.21 Å². The van der Waals surface area contributed by atoms with Gasteiger partial charge in [-0.15, -0.1) is 11.3 Å². The van der Waals surface area contributed by atoms with Crippen molar-refractivity contribution in [3.05, 3.63) is 45.2 Å². The number of nitrogens with one attached hydrogen (secondary N) is 1. The number of rotatable bonds is 5. The molecule has 7 heteroatoms. The minimum atomic E-state index is -3.57. The Morgan fingerprint density at radius 1 is 1.30 bits per heavy atom. The minimum Gasteiger partial charge on any atom is -0.396 e. The van der Waals surface area contributed by atoms with E-state index in [4.69, 9.17) is 5.11 Å². The molecule has 2 aromatic rings. The van der Waals surface area contributed by atoms with Crippen molar-refractivity contribution >= 4 is 43.0 Å². The van der Waals surface area contributed by atoms with Crippen LogP contribution in [0.1, 0.15) is 10.4 Å². The van der Waals surface area contributed by atoms with Gasteiger partial charge in [-0.05, 0) is 42.8 Å². The number of sulfonamides is 1. The van der Waals surface area contributed by atoms with E-state index >= 15 is 0 Å². The summed E-state index contributed by atoms with van der Waals surface area (Å²) >= 11 is 4.52. The molecule has 1 aromatic heterocycles. The fourth-order valence-electron chi connectivity index (χ4n) is 1.68. The van der Waals surface area contributed by atoms with Crippen molar-refractivity contribution in [1.29, 1.82) is 0 Å². The van der Waals surface area contributed by atoms with Crippen LogP contribution in [0, 0.1) is 6.92 Å². The molecule has 0 saturated heterocycles. The summed E-state index contributed by atoms with van der Waals surface area (Å²) in [6.45, 7) is 1.85. The van der Waals surface area contributed by atoms with E-state index in [2.05, 4.69) is 20.7 Å². The SMILES string of the molecule is Cc1cc(Br)ccc1NS(=O)(=O)c1ccc(CCO)s1. The summed E-state index contributed by atoms with van der Waals surface area (Å²) in [5, 5.41) is 8.87. The highest BCUT2D eigenvalue weighted by Gasteiger charge is 2.17. The van der Waals surface area contributed by atoms with Crippen molar-refractivity contribution in [2.75, 3.05) is 11.3 Å². The monoisotopic (exact) mass is 375 g/mol. The van der Waals surface area contributed by atoms with Gasteiger partial charge in [0, 0.05) is 22.4 Å². The molecule has 4 nitrogen and oxygen atoms in total. The Bertz CT molecular complexity index is 710. The first kappa shape index (κ1) is 15.5. The fourth-order valence-corrected chi connectivity index (χ4v) is 4.63. The van der Waals surface area contributed by atoms with Gasteiger partial charge in [-0.1, -0.05) is 15.9 Å². The van der Waals surface area contributed by atoms with Crippen LogP contribution in [0.3, 0.4) is 0 Å². The molecule has 0 bridgehead atoms. The first-order valence-electron chi connectivity index (χ1n) is 5.91. The number of aliphatic hydroxyl groups excluding tert-OH is 1. The number of thiophene rings is 1. The molecule has 20 heavy (non-hydrogen) atoms. The summed E-state index contributed by atoms with van der Waals surface area (Å²) in [6, 6.07) is 8.65. The normalized spacial score (nSPS) is 11.6. The number of hydrogen-bond donors (Lipinski definition) is 2. The van der Waals surface area contributed by atoms with E-state index in [1.165, 1.54) is 11.3 Å². The van der Waals surface area contributed by atoms with Gasteiger partial charge in [0.25, 0.3) is 10.0 Å². The smallest absolute Gasteiger partial charge is 0.271 e. The van der Waals surface area contributed by atoms with Gasteiger partial charge in [-0.3, -0.25) is 4.72 Å². The molecular weight excluding hydrogens is 362 g/mol. The van der Waals surface area contributed by atoms with Gasteiger partial charge in [0.2, 0.25) is 0 Å². The van der Waals surface area contributed by atoms with Crippen molar-refractivity contribution in [2.24, 2.45) is 0 Å². The van der Waals surface area contributed by atoms with Gasteiger partial charge >= 0.3 is 0 Å². The predicted molar refractivity (Wildman–Crippen MR) is 84.8 cm³/mol. The summed E-state index contributed by atoms with van der Waals surface area (Å²) in [5.74, 6) is 0. The van der Waals surface area contributed by atoms with Gasteiger partial charge in [-0.2, -0.15) is 0 Å². The number of aryl methyl sites for hydroxylation is 1. The zero-order valence-corrected chi connectivity index (χ0v) is 14.0. The first-order valence-corrected chi connectivity index (χ1v) is 9.00. The third kappa shape index (κ3) is 3.60. The Morgan fingerprint density at radius 2 is 2.05 bits per heavy atom. The molecule has 1 heterocycles. The fraction of sp³-hybridized carbons (Fsp3) is 0.231. The average molecular weight is 376 g/mol. The standard InChI is InChI=1S/C13H14BrNO3S2/c1-9-8-10(14)2-4-12(9)15-20(17,18)13-5-3-11(19-13)6-7-16/h2-5,8,15-16H,6-7H2,1H3. The van der Waals surface area contributed by atoms with E-state index < -0.39 is 10.0 Å². The molecule has 1 aromatic carbocycles. The lowest BCUT2D eigenvalue weighted by Gasteiger charge is -2.09. The lowest BCUT2D eigenvalue weighted by molar-refractivity contribution is 0.300. The lowest BCUT2D eigenvalue weighted by Crippen LogP contribution is -2.12. The van der Waals surface area contributed by atoms with Gasteiger partial charge in [-0.25, -0.2) is 8.42 Å². The van der Waals surface area contributed by atoms with E-state index in [1.54, 1.807) is 24.3 Å². The lowest BCUT2D eigenvalue weighted by atomic mass is 10.2. The first-order chi connectivity index (χ1) is 9.42. The summed E-state index contributed by atoms with van der Waals surface area (Å²) in [5.41, 5.74) is 1.40. The highest BCUT2D eigenvalue weighted by Crippen LogP contribution is 2.26. The Labute approximate surface area is 130 Å². The maximum Gasteiger partial charge on any atom is 0.271 e. The molecule has 0 aliphatic rings.